The monoisotopic (exact) mass is 337 g/mol. The predicted octanol–water partition coefficient (Wildman–Crippen LogP) is 1.25. The number of hydrogen-bond donors (Lipinski definition) is 1. The van der Waals surface area contributed by atoms with Gasteiger partial charge in [-0.3, -0.25) is 9.79 Å². The van der Waals surface area contributed by atoms with Crippen molar-refractivity contribution in [3.63, 3.8) is 0 Å². The Bertz CT molecular complexity index is 622. The Morgan fingerprint density at radius 3 is 2.33 bits per heavy atom. The second-order valence-corrected chi connectivity index (χ2v) is 4.69. The lowest BCUT2D eigenvalue weighted by Gasteiger charge is -2.12. The number of carbonyl (C=O) groups excluding carboxylic acids is 3. The summed E-state index contributed by atoms with van der Waals surface area (Å²) in [4.78, 5) is 39.3. The van der Waals surface area contributed by atoms with E-state index in [-0.39, 0.29) is 30.2 Å². The van der Waals surface area contributed by atoms with Crippen molar-refractivity contribution in [2.45, 2.75) is 26.3 Å². The second kappa shape index (κ2) is 9.29. The zero-order chi connectivity index (χ0) is 18.1. The van der Waals surface area contributed by atoms with Gasteiger partial charge in [0.15, 0.2) is 0 Å². The molecule has 0 aromatic heterocycles. The minimum atomic E-state index is -1.55. The molecule has 0 spiro atoms. The van der Waals surface area contributed by atoms with E-state index >= 15 is 0 Å². The van der Waals surface area contributed by atoms with Crippen LogP contribution in [0.15, 0.2) is 29.3 Å². The highest BCUT2D eigenvalue weighted by Crippen LogP contribution is 2.17. The molecule has 1 N–H and O–H groups in total. The fourth-order valence-corrected chi connectivity index (χ4v) is 1.66. The molecule has 8 nitrogen and oxygen atoms in total. The van der Waals surface area contributed by atoms with Gasteiger partial charge in [-0.25, -0.2) is 9.59 Å². The van der Waals surface area contributed by atoms with Crippen LogP contribution in [0.5, 0.6) is 11.5 Å². The number of benzene rings is 1. The fourth-order valence-electron chi connectivity index (χ4n) is 1.66. The molecule has 0 aliphatic heterocycles. The summed E-state index contributed by atoms with van der Waals surface area (Å²) in [7, 11) is 1.22. The van der Waals surface area contributed by atoms with Crippen LogP contribution in [-0.2, 0) is 23.9 Å². The third kappa shape index (κ3) is 6.07. The zero-order valence-electron chi connectivity index (χ0n) is 13.6. The highest BCUT2D eigenvalue weighted by molar-refractivity contribution is 6.05. The molecule has 0 aliphatic carbocycles. The molecule has 0 amide bonds. The molecule has 1 atom stereocenters. The molecule has 0 fully saturated rings. The van der Waals surface area contributed by atoms with E-state index in [0.29, 0.717) is 0 Å². The summed E-state index contributed by atoms with van der Waals surface area (Å²) in [6, 6.07) is 3.83. The highest BCUT2D eigenvalue weighted by atomic mass is 16.6. The van der Waals surface area contributed by atoms with Gasteiger partial charge < -0.3 is 19.3 Å². The summed E-state index contributed by atoms with van der Waals surface area (Å²) in [5.41, 5.74) is 0.225. The largest absolute Gasteiger partial charge is 0.508 e. The van der Waals surface area contributed by atoms with Gasteiger partial charge in [-0.2, -0.15) is 0 Å². The second-order valence-electron chi connectivity index (χ2n) is 4.69. The van der Waals surface area contributed by atoms with Crippen LogP contribution >= 0.6 is 0 Å². The molecular formula is C16H19NO7. The summed E-state index contributed by atoms with van der Waals surface area (Å²) >= 11 is 0. The first kappa shape index (κ1) is 19.1. The van der Waals surface area contributed by atoms with Crippen molar-refractivity contribution in [3.8, 4) is 11.5 Å². The van der Waals surface area contributed by atoms with Crippen molar-refractivity contribution >= 4 is 23.6 Å². The van der Waals surface area contributed by atoms with Gasteiger partial charge in [0.2, 0.25) is 6.04 Å². The normalized spacial score (nSPS) is 12.2. The average Bonchev–Trinajstić information content (AvgIpc) is 2.54. The van der Waals surface area contributed by atoms with E-state index in [0.717, 1.165) is 0 Å². The Morgan fingerprint density at radius 1 is 1.17 bits per heavy atom. The first-order valence-corrected chi connectivity index (χ1v) is 7.14. The molecule has 0 radical (unpaired) electrons. The van der Waals surface area contributed by atoms with Crippen LogP contribution in [0.2, 0.25) is 0 Å². The lowest BCUT2D eigenvalue weighted by Crippen LogP contribution is -2.34. The number of phenols is 1. The lowest BCUT2D eigenvalue weighted by atomic mass is 10.2. The first-order valence-electron chi connectivity index (χ1n) is 7.14. The molecule has 0 aliphatic rings. The van der Waals surface area contributed by atoms with E-state index in [4.69, 9.17) is 9.47 Å². The van der Waals surface area contributed by atoms with Gasteiger partial charge in [0.1, 0.15) is 11.5 Å². The van der Waals surface area contributed by atoms with Crippen molar-refractivity contribution in [1.29, 1.82) is 0 Å². The minimum absolute atomic E-state index is 0.00341. The molecule has 130 valence electrons. The standard InChI is InChI=1S/C16H19NO7/c1-4-23-15(20)14(17-10(2)9-13(19)22-3)16(21)24-12-7-5-11(18)6-8-12/h5-8,14,18H,4,9H2,1-3H3. The number of esters is 3. The lowest BCUT2D eigenvalue weighted by molar-refractivity contribution is -0.152. The van der Waals surface area contributed by atoms with E-state index in [1.165, 1.54) is 38.3 Å². The highest BCUT2D eigenvalue weighted by Gasteiger charge is 2.30. The Morgan fingerprint density at radius 2 is 1.79 bits per heavy atom. The molecule has 0 heterocycles. The summed E-state index contributed by atoms with van der Waals surface area (Å²) in [5.74, 6) is -2.25. The maximum absolute atomic E-state index is 12.2. The topological polar surface area (TPSA) is 111 Å². The molecule has 1 unspecified atom stereocenters. The Labute approximate surface area is 139 Å². The molecule has 1 rings (SSSR count). The molecule has 0 bridgehead atoms. The van der Waals surface area contributed by atoms with Crippen LogP contribution in [-0.4, -0.2) is 48.5 Å². The van der Waals surface area contributed by atoms with E-state index in [1.807, 2.05) is 0 Å². The van der Waals surface area contributed by atoms with Crippen LogP contribution in [0, 0.1) is 0 Å². The van der Waals surface area contributed by atoms with E-state index < -0.39 is 23.9 Å². The average molecular weight is 337 g/mol. The Hall–Kier alpha value is -2.90. The van der Waals surface area contributed by atoms with Gasteiger partial charge >= 0.3 is 17.9 Å². The minimum Gasteiger partial charge on any atom is -0.508 e. The summed E-state index contributed by atoms with van der Waals surface area (Å²) in [5, 5.41) is 9.20. The van der Waals surface area contributed by atoms with Gasteiger partial charge in [0, 0.05) is 5.71 Å². The number of rotatable bonds is 7. The summed E-state index contributed by atoms with van der Waals surface area (Å²) in [6.07, 6.45) is -0.168. The predicted molar refractivity (Wildman–Crippen MR) is 83.9 cm³/mol. The SMILES string of the molecule is CCOC(=O)C(N=C(C)CC(=O)OC)C(=O)Oc1ccc(O)cc1. The number of hydrogen-bond acceptors (Lipinski definition) is 8. The molecule has 0 saturated carbocycles. The molecule has 8 heteroatoms. The number of carbonyl (C=O) groups is 3. The first-order chi connectivity index (χ1) is 11.4. The number of nitrogens with zero attached hydrogens (tertiary/aromatic N) is 1. The van der Waals surface area contributed by atoms with Crippen molar-refractivity contribution < 1.29 is 33.7 Å². The number of aromatic hydroxyl groups is 1. The van der Waals surface area contributed by atoms with Crippen LogP contribution in [0.3, 0.4) is 0 Å². The summed E-state index contributed by atoms with van der Waals surface area (Å²) < 4.78 is 14.4. The van der Waals surface area contributed by atoms with Gasteiger partial charge in [-0.15, -0.1) is 0 Å². The van der Waals surface area contributed by atoms with Crippen molar-refractivity contribution in [3.05, 3.63) is 24.3 Å². The van der Waals surface area contributed by atoms with Crippen LogP contribution < -0.4 is 4.74 Å². The molecule has 1 aromatic rings. The van der Waals surface area contributed by atoms with Crippen molar-refractivity contribution in [2.24, 2.45) is 4.99 Å². The third-order valence-corrected chi connectivity index (χ3v) is 2.77. The summed E-state index contributed by atoms with van der Waals surface area (Å²) in [6.45, 7) is 3.13. The fraction of sp³-hybridized carbons (Fsp3) is 0.375. The maximum atomic E-state index is 12.2. The van der Waals surface area contributed by atoms with Gasteiger partial charge in [-0.05, 0) is 38.1 Å². The third-order valence-electron chi connectivity index (χ3n) is 2.77. The van der Waals surface area contributed by atoms with Gasteiger partial charge in [0.25, 0.3) is 0 Å². The number of ether oxygens (including phenoxy) is 3. The molecule has 1 aromatic carbocycles. The van der Waals surface area contributed by atoms with Crippen molar-refractivity contribution in [1.82, 2.24) is 0 Å². The van der Waals surface area contributed by atoms with Crippen LogP contribution in [0.25, 0.3) is 0 Å². The van der Waals surface area contributed by atoms with Crippen LogP contribution in [0.1, 0.15) is 20.3 Å². The Balaban J connectivity index is 2.93. The molecular weight excluding hydrogens is 318 g/mol. The molecule has 0 saturated heterocycles. The van der Waals surface area contributed by atoms with E-state index in [2.05, 4.69) is 9.73 Å². The van der Waals surface area contributed by atoms with E-state index in [1.54, 1.807) is 6.92 Å². The van der Waals surface area contributed by atoms with E-state index in [9.17, 15) is 19.5 Å². The zero-order valence-corrected chi connectivity index (χ0v) is 13.6. The van der Waals surface area contributed by atoms with Gasteiger partial charge in [-0.1, -0.05) is 0 Å². The van der Waals surface area contributed by atoms with Crippen molar-refractivity contribution in [2.75, 3.05) is 13.7 Å². The van der Waals surface area contributed by atoms with Crippen LogP contribution in [0.4, 0.5) is 0 Å². The van der Waals surface area contributed by atoms with Gasteiger partial charge in [0.05, 0.1) is 20.1 Å². The smallest absolute Gasteiger partial charge is 0.347 e. The quantitative estimate of drug-likeness (QED) is 0.345. The number of methoxy groups -OCH3 is 1. The number of phenolic OH excluding ortho intramolecular Hbond substituents is 1. The number of aliphatic imine (C=N–C) groups is 1. The molecule has 24 heavy (non-hydrogen) atoms. The maximum Gasteiger partial charge on any atom is 0.347 e. The Kier molecular flexibility index (Phi) is 7.41.